The predicted molar refractivity (Wildman–Crippen MR) is 52.9 cm³/mol. The van der Waals surface area contributed by atoms with Gasteiger partial charge in [0.05, 0.1) is 0 Å². The summed E-state index contributed by atoms with van der Waals surface area (Å²) in [4.78, 5) is 14.9. The van der Waals surface area contributed by atoms with Crippen molar-refractivity contribution in [3.8, 4) is 0 Å². The summed E-state index contributed by atoms with van der Waals surface area (Å²) in [5, 5.41) is 0. The van der Waals surface area contributed by atoms with Gasteiger partial charge in [0.25, 0.3) is 0 Å². The summed E-state index contributed by atoms with van der Waals surface area (Å²) in [7, 11) is 0. The number of nitrogens with zero attached hydrogens (tertiary/aromatic N) is 2. The molecule has 2 N–H and O–H groups in total. The molecule has 0 spiro atoms. The Kier molecular flexibility index (Phi) is 4.12. The fourth-order valence-electron chi connectivity index (χ4n) is 1.43. The molecule has 0 unspecified atom stereocenters. The molecule has 1 radical (unpaired) electrons. The van der Waals surface area contributed by atoms with Crippen LogP contribution in [0.25, 0.3) is 0 Å². The van der Waals surface area contributed by atoms with Crippen molar-refractivity contribution in [2.24, 2.45) is 0 Å². The van der Waals surface area contributed by atoms with E-state index in [2.05, 4.69) is 4.98 Å². The summed E-state index contributed by atoms with van der Waals surface area (Å²) in [6.45, 7) is 0.710. The van der Waals surface area contributed by atoms with Crippen LogP contribution >= 0.6 is 0 Å². The third-order valence-electron chi connectivity index (χ3n) is 2.07. The van der Waals surface area contributed by atoms with Crippen molar-refractivity contribution < 1.29 is 4.74 Å². The minimum Gasteiger partial charge on any atom is -0.383 e. The zero-order chi connectivity index (χ0) is 9.26. The third kappa shape index (κ3) is 2.36. The first-order valence-corrected chi connectivity index (χ1v) is 4.23. The first-order chi connectivity index (χ1) is 6.27. The normalized spacial score (nSPS) is 20.4. The van der Waals surface area contributed by atoms with Gasteiger partial charge in [-0.1, -0.05) is 0 Å². The minimum atomic E-state index is -0.341. The molecule has 1 aliphatic rings. The molecule has 1 aromatic rings. The Bertz CT molecular complexity index is 360. The topological polar surface area (TPSA) is 70.1 Å². The second-order valence-electron chi connectivity index (χ2n) is 3.01. The molecule has 0 aromatic carbocycles. The molecule has 1 fully saturated rings. The average molecular weight is 204 g/mol. The Labute approximate surface area is 104 Å². The number of rotatable bonds is 1. The second-order valence-corrected chi connectivity index (χ2v) is 3.01. The van der Waals surface area contributed by atoms with E-state index in [1.165, 1.54) is 4.57 Å². The van der Waals surface area contributed by atoms with Gasteiger partial charge >= 0.3 is 5.69 Å². The fraction of sp³-hybridized carbons (Fsp3) is 0.500. The molecule has 0 amide bonds. The van der Waals surface area contributed by atoms with Gasteiger partial charge in [0.2, 0.25) is 0 Å². The maximum Gasteiger partial charge on any atom is 0.351 e. The minimum absolute atomic E-state index is 0. The molecule has 1 saturated heterocycles. The zero-order valence-corrected chi connectivity index (χ0v) is 10.1. The van der Waals surface area contributed by atoms with Crippen LogP contribution in [0.2, 0.25) is 0 Å². The SMILES string of the molecule is Nc1ccn([C@H]2CCCO2)c(=O)n1.[Na]. The van der Waals surface area contributed by atoms with Gasteiger partial charge in [-0.2, -0.15) is 4.98 Å². The van der Waals surface area contributed by atoms with E-state index in [1.54, 1.807) is 12.3 Å². The van der Waals surface area contributed by atoms with Crippen molar-refractivity contribution >= 4 is 35.4 Å². The first-order valence-electron chi connectivity index (χ1n) is 4.23. The van der Waals surface area contributed by atoms with Crippen LogP contribution in [0.4, 0.5) is 5.82 Å². The van der Waals surface area contributed by atoms with Crippen molar-refractivity contribution in [2.75, 3.05) is 12.3 Å². The number of hydrogen-bond donors (Lipinski definition) is 1. The van der Waals surface area contributed by atoms with Gasteiger partial charge in [-0.25, -0.2) is 4.79 Å². The number of nitrogens with two attached hydrogens (primary N) is 1. The Morgan fingerprint density at radius 1 is 1.64 bits per heavy atom. The molecule has 0 saturated carbocycles. The average Bonchev–Trinajstić information content (AvgIpc) is 2.56. The molecule has 1 atom stereocenters. The largest absolute Gasteiger partial charge is 0.383 e. The standard InChI is InChI=1S/C8H11N3O2.Na/c9-6-3-4-11(8(12)10-6)7-2-1-5-13-7;/h3-4,7H,1-2,5H2,(H2,9,10,12);/t7-;/m1./s1. The van der Waals surface area contributed by atoms with Gasteiger partial charge in [0, 0.05) is 42.4 Å². The Morgan fingerprint density at radius 2 is 2.43 bits per heavy atom. The maximum atomic E-state index is 11.3. The van der Waals surface area contributed by atoms with Crippen LogP contribution in [0, 0.1) is 0 Å². The Morgan fingerprint density at radius 3 is 3.00 bits per heavy atom. The third-order valence-corrected chi connectivity index (χ3v) is 2.07. The number of anilines is 1. The molecule has 6 heteroatoms. The monoisotopic (exact) mass is 204 g/mol. The second kappa shape index (κ2) is 4.93. The Balaban J connectivity index is 0.000000980. The van der Waals surface area contributed by atoms with Crippen LogP contribution in [0.3, 0.4) is 0 Å². The van der Waals surface area contributed by atoms with E-state index >= 15 is 0 Å². The van der Waals surface area contributed by atoms with Crippen molar-refractivity contribution in [3.63, 3.8) is 0 Å². The van der Waals surface area contributed by atoms with E-state index in [-0.39, 0.29) is 47.3 Å². The van der Waals surface area contributed by atoms with Crippen LogP contribution in [-0.2, 0) is 4.74 Å². The van der Waals surface area contributed by atoms with Crippen molar-refractivity contribution in [3.05, 3.63) is 22.7 Å². The molecule has 1 aromatic heterocycles. The molecule has 1 aliphatic heterocycles. The van der Waals surface area contributed by atoms with Crippen LogP contribution in [0.5, 0.6) is 0 Å². The summed E-state index contributed by atoms with van der Waals surface area (Å²) in [5.41, 5.74) is 5.02. The smallest absolute Gasteiger partial charge is 0.351 e. The molecule has 2 rings (SSSR count). The van der Waals surface area contributed by atoms with E-state index in [0.29, 0.717) is 6.61 Å². The van der Waals surface area contributed by atoms with Gasteiger partial charge in [-0.3, -0.25) is 4.57 Å². The van der Waals surface area contributed by atoms with Crippen molar-refractivity contribution in [2.45, 2.75) is 19.1 Å². The quantitative estimate of drug-likeness (QED) is 0.640. The number of aromatic nitrogens is 2. The van der Waals surface area contributed by atoms with Gasteiger partial charge in [-0.05, 0) is 18.9 Å². The molecule has 5 nitrogen and oxygen atoms in total. The van der Waals surface area contributed by atoms with Crippen molar-refractivity contribution in [1.82, 2.24) is 9.55 Å². The van der Waals surface area contributed by atoms with Gasteiger partial charge < -0.3 is 10.5 Å². The summed E-state index contributed by atoms with van der Waals surface area (Å²) < 4.78 is 6.82. The molecule has 0 aliphatic carbocycles. The van der Waals surface area contributed by atoms with Crippen LogP contribution in [-0.4, -0.2) is 45.7 Å². The maximum absolute atomic E-state index is 11.3. The summed E-state index contributed by atoms with van der Waals surface area (Å²) in [6, 6.07) is 1.60. The Hall–Kier alpha value is -0.360. The van der Waals surface area contributed by atoms with Gasteiger partial charge in [-0.15, -0.1) is 0 Å². The van der Waals surface area contributed by atoms with Gasteiger partial charge in [0.15, 0.2) is 0 Å². The predicted octanol–water partition coefficient (Wildman–Crippen LogP) is -0.246. The number of hydrogen-bond acceptors (Lipinski definition) is 4. The van der Waals surface area contributed by atoms with Crippen molar-refractivity contribution in [1.29, 1.82) is 0 Å². The molecule has 14 heavy (non-hydrogen) atoms. The first kappa shape index (κ1) is 11.7. The molecular formula is C8H11N3NaO2. The summed E-state index contributed by atoms with van der Waals surface area (Å²) >= 11 is 0. The summed E-state index contributed by atoms with van der Waals surface area (Å²) in [5.74, 6) is 0.249. The fourth-order valence-corrected chi connectivity index (χ4v) is 1.43. The molecule has 0 bridgehead atoms. The van der Waals surface area contributed by atoms with E-state index in [1.807, 2.05) is 0 Å². The van der Waals surface area contributed by atoms with Crippen LogP contribution in [0.1, 0.15) is 19.1 Å². The molecular weight excluding hydrogens is 193 g/mol. The van der Waals surface area contributed by atoms with E-state index in [4.69, 9.17) is 10.5 Å². The van der Waals surface area contributed by atoms with E-state index in [9.17, 15) is 4.79 Å². The summed E-state index contributed by atoms with van der Waals surface area (Å²) in [6.07, 6.45) is 3.33. The van der Waals surface area contributed by atoms with Crippen LogP contribution in [0.15, 0.2) is 17.1 Å². The molecule has 2 heterocycles. The molecule has 71 valence electrons. The van der Waals surface area contributed by atoms with Gasteiger partial charge in [0.1, 0.15) is 12.0 Å². The number of nitrogen functional groups attached to an aromatic ring is 1. The van der Waals surface area contributed by atoms with E-state index < -0.39 is 0 Å². The van der Waals surface area contributed by atoms with E-state index in [0.717, 1.165) is 12.8 Å². The zero-order valence-electron chi connectivity index (χ0n) is 8.14. The van der Waals surface area contributed by atoms with Crippen LogP contribution < -0.4 is 11.4 Å². The number of ether oxygens (including phenoxy) is 1.